The second-order valence-corrected chi connectivity index (χ2v) is 6.17. The Kier molecular flexibility index (Phi) is 4.49. The van der Waals surface area contributed by atoms with Crippen LogP contribution in [0.1, 0.15) is 17.7 Å². The number of para-hydroxylation sites is 1. The summed E-state index contributed by atoms with van der Waals surface area (Å²) in [5.74, 6) is 1.16. The summed E-state index contributed by atoms with van der Waals surface area (Å²) in [6, 6.07) is 9.90. The van der Waals surface area contributed by atoms with Gasteiger partial charge in [0.2, 0.25) is 5.91 Å². The van der Waals surface area contributed by atoms with Gasteiger partial charge in [-0.1, -0.05) is 18.2 Å². The number of aryl methyl sites for hydroxylation is 1. The maximum absolute atomic E-state index is 12.8. The molecule has 0 bridgehead atoms. The molecule has 1 aliphatic heterocycles. The highest BCUT2D eigenvalue weighted by Crippen LogP contribution is 2.26. The Morgan fingerprint density at radius 2 is 2.23 bits per heavy atom. The highest BCUT2D eigenvalue weighted by atomic mass is 16.5. The van der Waals surface area contributed by atoms with Crippen molar-refractivity contribution in [3.63, 3.8) is 0 Å². The first-order valence-corrected chi connectivity index (χ1v) is 8.57. The summed E-state index contributed by atoms with van der Waals surface area (Å²) < 4.78 is 6.73. The Morgan fingerprint density at radius 1 is 1.35 bits per heavy atom. The number of carbonyl (C=O) groups excluding carboxylic acids is 1. The van der Waals surface area contributed by atoms with E-state index >= 15 is 0 Å². The zero-order valence-electron chi connectivity index (χ0n) is 14.6. The number of nitrogens with one attached hydrogen (secondary N) is 1. The molecule has 3 aromatic rings. The van der Waals surface area contributed by atoms with E-state index < -0.39 is 0 Å². The minimum Gasteiger partial charge on any atom is -0.378 e. The van der Waals surface area contributed by atoms with Gasteiger partial charge in [0.1, 0.15) is 12.1 Å². The second kappa shape index (κ2) is 7.09. The Hall–Kier alpha value is -3.00. The Balaban J connectivity index is 1.54. The molecule has 0 aliphatic carbocycles. The van der Waals surface area contributed by atoms with Crippen LogP contribution in [0.25, 0.3) is 5.78 Å². The number of anilines is 2. The number of amides is 1. The van der Waals surface area contributed by atoms with Crippen LogP contribution in [0.15, 0.2) is 36.7 Å². The lowest BCUT2D eigenvalue weighted by Gasteiger charge is -2.29. The van der Waals surface area contributed by atoms with Crippen LogP contribution < -0.4 is 10.2 Å². The van der Waals surface area contributed by atoms with Crippen molar-refractivity contribution in [1.82, 2.24) is 19.6 Å². The van der Waals surface area contributed by atoms with Crippen LogP contribution in [0.5, 0.6) is 0 Å². The van der Waals surface area contributed by atoms with Crippen molar-refractivity contribution in [3.8, 4) is 0 Å². The molecule has 0 saturated carbocycles. The van der Waals surface area contributed by atoms with E-state index in [9.17, 15) is 4.79 Å². The van der Waals surface area contributed by atoms with Crippen molar-refractivity contribution in [2.75, 3.05) is 30.4 Å². The maximum atomic E-state index is 12.8. The average molecular weight is 352 g/mol. The average Bonchev–Trinajstić information content (AvgIpc) is 3.14. The number of carbonyl (C=O) groups is 1. The van der Waals surface area contributed by atoms with Gasteiger partial charge in [-0.2, -0.15) is 14.6 Å². The zero-order valence-corrected chi connectivity index (χ0v) is 14.6. The van der Waals surface area contributed by atoms with Crippen LogP contribution in [-0.2, 0) is 22.6 Å². The molecule has 8 heteroatoms. The van der Waals surface area contributed by atoms with Crippen molar-refractivity contribution >= 4 is 23.2 Å². The van der Waals surface area contributed by atoms with Gasteiger partial charge in [-0.05, 0) is 24.5 Å². The molecule has 1 amide bonds. The Labute approximate surface area is 150 Å². The number of fused-ring (bicyclic) bond motifs is 2. The molecule has 1 aromatic carbocycles. The highest BCUT2D eigenvalue weighted by Gasteiger charge is 2.22. The smallest absolute Gasteiger partial charge is 0.254 e. The molecule has 4 rings (SSSR count). The molecule has 0 spiro atoms. The first kappa shape index (κ1) is 16.5. The highest BCUT2D eigenvalue weighted by molar-refractivity contribution is 5.97. The molecule has 1 aliphatic rings. The summed E-state index contributed by atoms with van der Waals surface area (Å²) in [4.78, 5) is 23.1. The predicted octanol–water partition coefficient (Wildman–Crippen LogP) is 1.66. The number of aromatic nitrogens is 4. The van der Waals surface area contributed by atoms with Crippen LogP contribution >= 0.6 is 0 Å². The molecule has 26 heavy (non-hydrogen) atoms. The van der Waals surface area contributed by atoms with Gasteiger partial charge in [0, 0.05) is 25.4 Å². The molecule has 3 heterocycles. The van der Waals surface area contributed by atoms with Crippen molar-refractivity contribution in [2.45, 2.75) is 19.4 Å². The SMILES string of the molecule is COCc1cc(NCC(=O)N2CCCc3ccccc32)n2ncnc2n1. The monoisotopic (exact) mass is 352 g/mol. The number of nitrogens with zero attached hydrogens (tertiary/aromatic N) is 5. The molecule has 8 nitrogen and oxygen atoms in total. The minimum absolute atomic E-state index is 0.0236. The van der Waals surface area contributed by atoms with Gasteiger partial charge in [0.05, 0.1) is 18.8 Å². The first-order valence-electron chi connectivity index (χ1n) is 8.57. The second-order valence-electron chi connectivity index (χ2n) is 6.17. The Bertz CT molecular complexity index is 938. The van der Waals surface area contributed by atoms with E-state index in [1.54, 1.807) is 11.6 Å². The van der Waals surface area contributed by atoms with E-state index in [0.29, 0.717) is 18.2 Å². The Morgan fingerprint density at radius 3 is 3.12 bits per heavy atom. The van der Waals surface area contributed by atoms with Gasteiger partial charge >= 0.3 is 0 Å². The van der Waals surface area contributed by atoms with Gasteiger partial charge in [-0.3, -0.25) is 4.79 Å². The van der Waals surface area contributed by atoms with E-state index in [-0.39, 0.29) is 12.5 Å². The van der Waals surface area contributed by atoms with E-state index in [2.05, 4.69) is 26.4 Å². The maximum Gasteiger partial charge on any atom is 0.254 e. The zero-order chi connectivity index (χ0) is 17.9. The predicted molar refractivity (Wildman–Crippen MR) is 97.1 cm³/mol. The van der Waals surface area contributed by atoms with E-state index in [0.717, 1.165) is 30.8 Å². The molecule has 0 unspecified atom stereocenters. The third-order valence-corrected chi connectivity index (χ3v) is 4.43. The number of hydrogen-bond donors (Lipinski definition) is 1. The molecule has 0 saturated heterocycles. The van der Waals surface area contributed by atoms with E-state index in [1.807, 2.05) is 29.2 Å². The number of rotatable bonds is 5. The molecule has 0 atom stereocenters. The standard InChI is InChI=1S/C18H20N6O2/c1-26-11-14-9-16(24-18(22-14)20-12-21-24)19-10-17(25)23-8-4-6-13-5-2-3-7-15(13)23/h2-3,5,7,9,12,19H,4,6,8,10-11H2,1H3. The summed E-state index contributed by atoms with van der Waals surface area (Å²) in [6.07, 6.45) is 3.42. The number of benzene rings is 1. The van der Waals surface area contributed by atoms with E-state index in [4.69, 9.17) is 4.74 Å². The molecular formula is C18H20N6O2. The fourth-order valence-corrected chi connectivity index (χ4v) is 3.26. The van der Waals surface area contributed by atoms with Gasteiger partial charge in [-0.15, -0.1) is 0 Å². The van der Waals surface area contributed by atoms with Crippen molar-refractivity contribution in [3.05, 3.63) is 47.9 Å². The van der Waals surface area contributed by atoms with Crippen LogP contribution in [0.2, 0.25) is 0 Å². The third-order valence-electron chi connectivity index (χ3n) is 4.43. The van der Waals surface area contributed by atoms with Crippen LogP contribution in [0, 0.1) is 0 Å². The first-order chi connectivity index (χ1) is 12.8. The van der Waals surface area contributed by atoms with Crippen molar-refractivity contribution in [2.24, 2.45) is 0 Å². The van der Waals surface area contributed by atoms with Gasteiger partial charge in [-0.25, -0.2) is 4.98 Å². The molecular weight excluding hydrogens is 332 g/mol. The van der Waals surface area contributed by atoms with Gasteiger partial charge < -0.3 is 15.0 Å². The largest absolute Gasteiger partial charge is 0.378 e. The summed E-state index contributed by atoms with van der Waals surface area (Å²) in [5.41, 5.74) is 2.95. The molecule has 1 N–H and O–H groups in total. The summed E-state index contributed by atoms with van der Waals surface area (Å²) in [7, 11) is 1.61. The number of ether oxygens (including phenoxy) is 1. The van der Waals surface area contributed by atoms with E-state index in [1.165, 1.54) is 11.9 Å². The van der Waals surface area contributed by atoms with Crippen LogP contribution in [0.3, 0.4) is 0 Å². The lowest BCUT2D eigenvalue weighted by atomic mass is 10.0. The number of methoxy groups -OCH3 is 1. The van der Waals surface area contributed by atoms with Crippen LogP contribution in [-0.4, -0.2) is 45.7 Å². The summed E-state index contributed by atoms with van der Waals surface area (Å²) in [6.45, 7) is 1.27. The fourth-order valence-electron chi connectivity index (χ4n) is 3.26. The molecule has 134 valence electrons. The van der Waals surface area contributed by atoms with Gasteiger partial charge in [0.25, 0.3) is 5.78 Å². The quantitative estimate of drug-likeness (QED) is 0.752. The molecule has 0 fully saturated rings. The lowest BCUT2D eigenvalue weighted by Crippen LogP contribution is -2.39. The third kappa shape index (κ3) is 3.11. The topological polar surface area (TPSA) is 84.7 Å². The van der Waals surface area contributed by atoms with Gasteiger partial charge in [0.15, 0.2) is 0 Å². The minimum atomic E-state index is 0.0236. The summed E-state index contributed by atoms with van der Waals surface area (Å²) >= 11 is 0. The lowest BCUT2D eigenvalue weighted by molar-refractivity contribution is -0.117. The van der Waals surface area contributed by atoms with Crippen LogP contribution in [0.4, 0.5) is 11.5 Å². The summed E-state index contributed by atoms with van der Waals surface area (Å²) in [5, 5.41) is 7.34. The number of hydrogen-bond acceptors (Lipinski definition) is 6. The fraction of sp³-hybridized carbons (Fsp3) is 0.333. The normalized spacial score (nSPS) is 13.7. The van der Waals surface area contributed by atoms with Crippen molar-refractivity contribution in [1.29, 1.82) is 0 Å². The molecule has 2 aromatic heterocycles. The molecule has 0 radical (unpaired) electrons. The van der Waals surface area contributed by atoms with Crippen molar-refractivity contribution < 1.29 is 9.53 Å².